The second-order valence-electron chi connectivity index (χ2n) is 9.59. The number of amides is 1. The van der Waals surface area contributed by atoms with E-state index in [0.29, 0.717) is 23.0 Å². The molecule has 0 bridgehead atoms. The summed E-state index contributed by atoms with van der Waals surface area (Å²) >= 11 is 0. The summed E-state index contributed by atoms with van der Waals surface area (Å²) in [5.41, 5.74) is 1.27. The van der Waals surface area contributed by atoms with Gasteiger partial charge in [0.2, 0.25) is 0 Å². The van der Waals surface area contributed by atoms with Crippen LogP contribution in [0.25, 0.3) is 10.9 Å². The summed E-state index contributed by atoms with van der Waals surface area (Å²) < 4.78 is 7.39. The molecule has 3 heterocycles. The van der Waals surface area contributed by atoms with Crippen molar-refractivity contribution < 1.29 is 9.53 Å². The van der Waals surface area contributed by atoms with Gasteiger partial charge >= 0.3 is 0 Å². The normalized spacial score (nSPS) is 21.6. The molecule has 172 valence electrons. The first-order valence-corrected chi connectivity index (χ1v) is 12.3. The fourth-order valence-electron chi connectivity index (χ4n) is 5.76. The highest BCUT2D eigenvalue weighted by atomic mass is 16.5. The molecule has 32 heavy (non-hydrogen) atoms. The Hall–Kier alpha value is -2.25. The SMILES string of the molecule is O=C(NCC1(N2CCOCC2)CCCCC1)c1ccc2c(=O)n3c(nc2c1)CCCCC3. The number of hydrogen-bond donors (Lipinski definition) is 1. The molecule has 7 nitrogen and oxygen atoms in total. The average molecular weight is 439 g/mol. The standard InChI is InChI=1S/C25H34N4O3/c30-23(26-18-25(10-4-2-5-11-25)28-13-15-32-16-14-28)19-8-9-20-21(17-19)27-22-7-3-1-6-12-29(22)24(20)31/h8-9,17H,1-7,10-16,18H2,(H,26,30). The lowest BCUT2D eigenvalue weighted by atomic mass is 9.79. The number of fused-ring (bicyclic) bond motifs is 2. The van der Waals surface area contributed by atoms with Gasteiger partial charge in [0.05, 0.1) is 24.1 Å². The Morgan fingerprint density at radius 3 is 2.62 bits per heavy atom. The highest BCUT2D eigenvalue weighted by Gasteiger charge is 2.38. The predicted molar refractivity (Wildman–Crippen MR) is 124 cm³/mol. The number of nitrogens with one attached hydrogen (secondary N) is 1. The Kier molecular flexibility index (Phi) is 6.28. The van der Waals surface area contributed by atoms with Crippen molar-refractivity contribution in [2.24, 2.45) is 0 Å². The van der Waals surface area contributed by atoms with Crippen LogP contribution in [0.15, 0.2) is 23.0 Å². The summed E-state index contributed by atoms with van der Waals surface area (Å²) in [6, 6.07) is 5.34. The van der Waals surface area contributed by atoms with E-state index in [0.717, 1.165) is 77.2 Å². The number of rotatable bonds is 4. The van der Waals surface area contributed by atoms with E-state index in [9.17, 15) is 9.59 Å². The van der Waals surface area contributed by atoms with E-state index in [1.165, 1.54) is 19.3 Å². The van der Waals surface area contributed by atoms with Crippen LogP contribution in [0, 0.1) is 0 Å². The topological polar surface area (TPSA) is 76.5 Å². The lowest BCUT2D eigenvalue weighted by molar-refractivity contribution is -0.0361. The average Bonchev–Trinajstić information content (AvgIpc) is 3.09. The first-order chi connectivity index (χ1) is 15.7. The van der Waals surface area contributed by atoms with Gasteiger partial charge in [-0.25, -0.2) is 4.98 Å². The molecule has 5 rings (SSSR count). The molecule has 7 heteroatoms. The molecule has 1 aliphatic carbocycles. The zero-order valence-corrected chi connectivity index (χ0v) is 18.9. The maximum Gasteiger partial charge on any atom is 0.261 e. The van der Waals surface area contributed by atoms with Crippen LogP contribution < -0.4 is 10.9 Å². The first-order valence-electron chi connectivity index (χ1n) is 12.3. The quantitative estimate of drug-likeness (QED) is 0.794. The monoisotopic (exact) mass is 438 g/mol. The number of benzene rings is 1. The van der Waals surface area contributed by atoms with Gasteiger partial charge < -0.3 is 10.1 Å². The van der Waals surface area contributed by atoms with Gasteiger partial charge in [-0.15, -0.1) is 0 Å². The van der Waals surface area contributed by atoms with Crippen LogP contribution in [0.2, 0.25) is 0 Å². The summed E-state index contributed by atoms with van der Waals surface area (Å²) in [7, 11) is 0. The Bertz CT molecular complexity index is 1040. The number of aromatic nitrogens is 2. The van der Waals surface area contributed by atoms with Gasteiger partial charge in [-0.05, 0) is 43.9 Å². The molecule has 0 atom stereocenters. The second kappa shape index (κ2) is 9.32. The second-order valence-corrected chi connectivity index (χ2v) is 9.59. The number of ether oxygens (including phenoxy) is 1. The van der Waals surface area contributed by atoms with E-state index in [2.05, 4.69) is 10.2 Å². The van der Waals surface area contributed by atoms with E-state index in [4.69, 9.17) is 9.72 Å². The maximum atomic E-state index is 13.1. The van der Waals surface area contributed by atoms with Crippen LogP contribution in [-0.2, 0) is 17.7 Å². The maximum absolute atomic E-state index is 13.1. The summed E-state index contributed by atoms with van der Waals surface area (Å²) in [6.07, 6.45) is 9.96. The molecular weight excluding hydrogens is 404 g/mol. The Morgan fingerprint density at radius 2 is 1.81 bits per heavy atom. The molecule has 3 aliphatic rings. The number of carbonyl (C=O) groups is 1. The van der Waals surface area contributed by atoms with Crippen LogP contribution in [0.5, 0.6) is 0 Å². The van der Waals surface area contributed by atoms with Crippen molar-refractivity contribution in [1.29, 1.82) is 0 Å². The van der Waals surface area contributed by atoms with Gasteiger partial charge in [0.25, 0.3) is 11.5 Å². The Labute approximate surface area is 189 Å². The minimum atomic E-state index is -0.0815. The molecule has 1 saturated carbocycles. The molecule has 1 saturated heterocycles. The van der Waals surface area contributed by atoms with Gasteiger partial charge in [-0.2, -0.15) is 0 Å². The van der Waals surface area contributed by atoms with Gasteiger partial charge in [-0.1, -0.05) is 25.7 Å². The minimum Gasteiger partial charge on any atom is -0.379 e. The summed E-state index contributed by atoms with van der Waals surface area (Å²) in [4.78, 5) is 33.4. The molecular formula is C25H34N4O3. The van der Waals surface area contributed by atoms with E-state index in [1.807, 2.05) is 4.57 Å². The molecule has 0 radical (unpaired) electrons. The number of nitrogens with zero attached hydrogens (tertiary/aromatic N) is 3. The van der Waals surface area contributed by atoms with Gasteiger partial charge in [0.1, 0.15) is 5.82 Å². The van der Waals surface area contributed by atoms with Crippen molar-refractivity contribution in [3.63, 3.8) is 0 Å². The molecule has 1 N–H and O–H groups in total. The molecule has 1 aromatic heterocycles. The van der Waals surface area contributed by atoms with E-state index in [1.54, 1.807) is 18.2 Å². The van der Waals surface area contributed by atoms with Crippen molar-refractivity contribution >= 4 is 16.8 Å². The van der Waals surface area contributed by atoms with Crippen molar-refractivity contribution in [3.05, 3.63) is 39.9 Å². The number of carbonyl (C=O) groups excluding carboxylic acids is 1. The Balaban J connectivity index is 1.36. The van der Waals surface area contributed by atoms with Crippen LogP contribution >= 0.6 is 0 Å². The number of aryl methyl sites for hydroxylation is 1. The van der Waals surface area contributed by atoms with Crippen molar-refractivity contribution in [1.82, 2.24) is 19.8 Å². The van der Waals surface area contributed by atoms with Gasteiger partial charge in [0.15, 0.2) is 0 Å². The van der Waals surface area contributed by atoms with Crippen LogP contribution in [0.3, 0.4) is 0 Å². The molecule has 2 aromatic rings. The fourth-order valence-corrected chi connectivity index (χ4v) is 5.76. The molecule has 0 spiro atoms. The minimum absolute atomic E-state index is 0.0207. The zero-order valence-electron chi connectivity index (χ0n) is 18.9. The van der Waals surface area contributed by atoms with E-state index < -0.39 is 0 Å². The third-order valence-corrected chi connectivity index (χ3v) is 7.62. The predicted octanol–water partition coefficient (Wildman–Crippen LogP) is 2.89. The highest BCUT2D eigenvalue weighted by molar-refractivity contribution is 5.97. The van der Waals surface area contributed by atoms with Crippen molar-refractivity contribution in [2.75, 3.05) is 32.8 Å². The third-order valence-electron chi connectivity index (χ3n) is 7.62. The number of morpholine rings is 1. The van der Waals surface area contributed by atoms with Crippen LogP contribution in [0.4, 0.5) is 0 Å². The molecule has 2 fully saturated rings. The van der Waals surface area contributed by atoms with E-state index >= 15 is 0 Å². The highest BCUT2D eigenvalue weighted by Crippen LogP contribution is 2.34. The largest absolute Gasteiger partial charge is 0.379 e. The fraction of sp³-hybridized carbons (Fsp3) is 0.640. The molecule has 0 unspecified atom stereocenters. The zero-order chi connectivity index (χ0) is 22.0. The van der Waals surface area contributed by atoms with Crippen LogP contribution in [-0.4, -0.2) is 58.7 Å². The number of hydrogen-bond acceptors (Lipinski definition) is 5. The lowest BCUT2D eigenvalue weighted by Crippen LogP contribution is -2.59. The first kappa shape index (κ1) is 21.6. The van der Waals surface area contributed by atoms with Gasteiger partial charge in [-0.3, -0.25) is 19.1 Å². The lowest BCUT2D eigenvalue weighted by Gasteiger charge is -2.48. The van der Waals surface area contributed by atoms with Crippen molar-refractivity contribution in [2.45, 2.75) is 69.9 Å². The van der Waals surface area contributed by atoms with Gasteiger partial charge in [0, 0.05) is 43.7 Å². The molecule has 1 aromatic carbocycles. The summed E-state index contributed by atoms with van der Waals surface area (Å²) in [5, 5.41) is 3.83. The third kappa shape index (κ3) is 4.20. The van der Waals surface area contributed by atoms with E-state index in [-0.39, 0.29) is 17.0 Å². The van der Waals surface area contributed by atoms with Crippen molar-refractivity contribution in [3.8, 4) is 0 Å². The van der Waals surface area contributed by atoms with Crippen LogP contribution in [0.1, 0.15) is 67.5 Å². The molecule has 2 aliphatic heterocycles. The Morgan fingerprint density at radius 1 is 1.03 bits per heavy atom. The summed E-state index contributed by atoms with van der Waals surface area (Å²) in [6.45, 7) is 4.81. The summed E-state index contributed by atoms with van der Waals surface area (Å²) in [5.74, 6) is 0.771. The smallest absolute Gasteiger partial charge is 0.261 e. The molecule has 1 amide bonds.